The zero-order chi connectivity index (χ0) is 13.8. The molecule has 100 valence electrons. The van der Waals surface area contributed by atoms with Crippen LogP contribution in [0.4, 0.5) is 0 Å². The average Bonchev–Trinajstić information content (AvgIpc) is 2.77. The topological polar surface area (TPSA) is 77.2 Å². The van der Waals surface area contributed by atoms with E-state index in [0.29, 0.717) is 17.2 Å². The first-order valence-electron chi connectivity index (χ1n) is 5.43. The maximum atomic E-state index is 11.4. The molecule has 0 bridgehead atoms. The number of carbonyl (C=O) groups excluding carboxylic acids is 1. The van der Waals surface area contributed by atoms with Gasteiger partial charge in [-0.3, -0.25) is 15.2 Å². The standard InChI is InChI=1S/C12H12BrN3O2S/c1-7-8(2-11(19-7)12(17)16-14)6-18-10-3-9(13)4-15-5-10/h2-5H,6,14H2,1H3,(H,16,17). The Balaban J connectivity index is 2.07. The van der Waals surface area contributed by atoms with Gasteiger partial charge in [-0.25, -0.2) is 5.84 Å². The Morgan fingerprint density at radius 3 is 3.00 bits per heavy atom. The quantitative estimate of drug-likeness (QED) is 0.508. The Kier molecular flexibility index (Phi) is 4.52. The lowest BCUT2D eigenvalue weighted by Crippen LogP contribution is -2.29. The number of aryl methyl sites for hydroxylation is 1. The smallest absolute Gasteiger partial charge is 0.275 e. The van der Waals surface area contributed by atoms with Gasteiger partial charge < -0.3 is 4.74 Å². The third kappa shape index (κ3) is 3.52. The summed E-state index contributed by atoms with van der Waals surface area (Å²) in [5, 5.41) is 0. The first-order chi connectivity index (χ1) is 9.10. The minimum atomic E-state index is -0.288. The molecule has 0 aliphatic heterocycles. The molecule has 0 aliphatic carbocycles. The molecule has 19 heavy (non-hydrogen) atoms. The van der Waals surface area contributed by atoms with Crippen LogP contribution in [0.5, 0.6) is 5.75 Å². The molecular formula is C12H12BrN3O2S. The van der Waals surface area contributed by atoms with Gasteiger partial charge in [0.1, 0.15) is 12.4 Å². The van der Waals surface area contributed by atoms with Crippen molar-refractivity contribution in [3.05, 3.63) is 44.3 Å². The zero-order valence-electron chi connectivity index (χ0n) is 10.1. The lowest BCUT2D eigenvalue weighted by Gasteiger charge is -2.05. The van der Waals surface area contributed by atoms with E-state index in [-0.39, 0.29) is 5.91 Å². The third-order valence-electron chi connectivity index (χ3n) is 2.45. The van der Waals surface area contributed by atoms with Crippen LogP contribution in [0.15, 0.2) is 29.0 Å². The molecule has 0 atom stereocenters. The summed E-state index contributed by atoms with van der Waals surface area (Å²) in [6.07, 6.45) is 3.33. The maximum Gasteiger partial charge on any atom is 0.275 e. The molecule has 0 aromatic carbocycles. The van der Waals surface area contributed by atoms with Crippen LogP contribution < -0.4 is 16.0 Å². The molecule has 2 aromatic heterocycles. The first-order valence-corrected chi connectivity index (χ1v) is 7.04. The minimum Gasteiger partial charge on any atom is -0.487 e. The van der Waals surface area contributed by atoms with Crippen molar-refractivity contribution < 1.29 is 9.53 Å². The van der Waals surface area contributed by atoms with E-state index in [1.54, 1.807) is 18.5 Å². The molecule has 2 aromatic rings. The number of nitrogen functional groups attached to an aromatic ring is 1. The maximum absolute atomic E-state index is 11.4. The molecule has 0 aliphatic rings. The van der Waals surface area contributed by atoms with Crippen LogP contribution in [-0.4, -0.2) is 10.9 Å². The number of ether oxygens (including phenoxy) is 1. The van der Waals surface area contributed by atoms with Crippen LogP contribution in [-0.2, 0) is 6.61 Å². The third-order valence-corrected chi connectivity index (χ3v) is 3.97. The van der Waals surface area contributed by atoms with Gasteiger partial charge in [0.05, 0.1) is 11.1 Å². The van der Waals surface area contributed by atoms with Crippen LogP contribution >= 0.6 is 27.3 Å². The van der Waals surface area contributed by atoms with E-state index in [0.717, 1.165) is 14.9 Å². The Labute approximate surface area is 122 Å². The van der Waals surface area contributed by atoms with Crippen molar-refractivity contribution in [1.82, 2.24) is 10.4 Å². The number of hydrogen-bond donors (Lipinski definition) is 2. The summed E-state index contributed by atoms with van der Waals surface area (Å²) < 4.78 is 6.49. The van der Waals surface area contributed by atoms with Crippen molar-refractivity contribution in [3.63, 3.8) is 0 Å². The number of nitrogens with one attached hydrogen (secondary N) is 1. The van der Waals surface area contributed by atoms with Gasteiger partial charge in [-0.2, -0.15) is 0 Å². The average molecular weight is 342 g/mol. The summed E-state index contributed by atoms with van der Waals surface area (Å²) in [7, 11) is 0. The Morgan fingerprint density at radius 1 is 1.53 bits per heavy atom. The largest absolute Gasteiger partial charge is 0.487 e. The summed E-state index contributed by atoms with van der Waals surface area (Å²) in [5.74, 6) is 5.49. The van der Waals surface area contributed by atoms with Crippen LogP contribution in [0, 0.1) is 6.92 Å². The number of carbonyl (C=O) groups is 1. The van der Waals surface area contributed by atoms with E-state index in [2.05, 4.69) is 26.3 Å². The monoisotopic (exact) mass is 341 g/mol. The fourth-order valence-corrected chi connectivity index (χ4v) is 2.75. The number of halogens is 1. The van der Waals surface area contributed by atoms with Gasteiger partial charge in [-0.1, -0.05) is 0 Å². The first kappa shape index (κ1) is 14.0. The van der Waals surface area contributed by atoms with Crippen molar-refractivity contribution >= 4 is 33.2 Å². The van der Waals surface area contributed by atoms with E-state index in [1.165, 1.54) is 11.3 Å². The van der Waals surface area contributed by atoms with Crippen LogP contribution in [0.1, 0.15) is 20.1 Å². The van der Waals surface area contributed by atoms with Gasteiger partial charge in [-0.05, 0) is 35.0 Å². The van der Waals surface area contributed by atoms with Crippen molar-refractivity contribution in [2.45, 2.75) is 13.5 Å². The summed E-state index contributed by atoms with van der Waals surface area (Å²) in [5.41, 5.74) is 3.08. The number of hydrogen-bond acceptors (Lipinski definition) is 5. The number of aromatic nitrogens is 1. The summed E-state index contributed by atoms with van der Waals surface area (Å²) in [6.45, 7) is 2.33. The molecule has 0 saturated carbocycles. The van der Waals surface area contributed by atoms with E-state index in [9.17, 15) is 4.79 Å². The van der Waals surface area contributed by atoms with E-state index < -0.39 is 0 Å². The molecule has 3 N–H and O–H groups in total. The van der Waals surface area contributed by atoms with Gasteiger partial charge in [0.2, 0.25) is 0 Å². The van der Waals surface area contributed by atoms with Crippen molar-refractivity contribution in [3.8, 4) is 5.75 Å². The molecule has 7 heteroatoms. The fraction of sp³-hybridized carbons (Fsp3) is 0.167. The van der Waals surface area contributed by atoms with Crippen LogP contribution in [0.3, 0.4) is 0 Å². The highest BCUT2D eigenvalue weighted by Gasteiger charge is 2.11. The summed E-state index contributed by atoms with van der Waals surface area (Å²) in [6, 6.07) is 3.62. The number of amides is 1. The Hall–Kier alpha value is -1.44. The lowest BCUT2D eigenvalue weighted by molar-refractivity contribution is 0.0957. The Morgan fingerprint density at radius 2 is 2.32 bits per heavy atom. The number of thiophene rings is 1. The second-order valence-electron chi connectivity index (χ2n) is 3.79. The van der Waals surface area contributed by atoms with Crippen molar-refractivity contribution in [2.24, 2.45) is 5.84 Å². The zero-order valence-corrected chi connectivity index (χ0v) is 12.5. The lowest BCUT2D eigenvalue weighted by atomic mass is 10.2. The van der Waals surface area contributed by atoms with Gasteiger partial charge in [0, 0.05) is 21.1 Å². The number of rotatable bonds is 4. The van der Waals surface area contributed by atoms with Gasteiger partial charge in [0.15, 0.2) is 0 Å². The van der Waals surface area contributed by atoms with Crippen LogP contribution in [0.25, 0.3) is 0 Å². The van der Waals surface area contributed by atoms with Gasteiger partial charge >= 0.3 is 0 Å². The molecule has 5 nitrogen and oxygen atoms in total. The Bertz CT molecular complexity index is 600. The fourth-order valence-electron chi connectivity index (χ4n) is 1.48. The second-order valence-corrected chi connectivity index (χ2v) is 5.97. The normalized spacial score (nSPS) is 10.3. The molecule has 2 heterocycles. The number of pyridine rings is 1. The van der Waals surface area contributed by atoms with Gasteiger partial charge in [-0.15, -0.1) is 11.3 Å². The highest BCUT2D eigenvalue weighted by Crippen LogP contribution is 2.23. The van der Waals surface area contributed by atoms with Crippen molar-refractivity contribution in [2.75, 3.05) is 0 Å². The molecule has 1 amide bonds. The van der Waals surface area contributed by atoms with Gasteiger partial charge in [0.25, 0.3) is 5.91 Å². The SMILES string of the molecule is Cc1sc(C(=O)NN)cc1COc1cncc(Br)c1. The molecule has 0 unspecified atom stereocenters. The van der Waals surface area contributed by atoms with E-state index in [4.69, 9.17) is 10.6 Å². The van der Waals surface area contributed by atoms with Crippen LogP contribution in [0.2, 0.25) is 0 Å². The predicted molar refractivity (Wildman–Crippen MR) is 77.0 cm³/mol. The molecule has 0 saturated heterocycles. The molecule has 0 radical (unpaired) electrons. The second kappa shape index (κ2) is 6.14. The number of hydrazine groups is 1. The number of nitrogens with zero attached hydrogens (tertiary/aromatic N) is 1. The molecule has 2 rings (SSSR count). The minimum absolute atomic E-state index is 0.288. The van der Waals surface area contributed by atoms with E-state index in [1.807, 2.05) is 13.0 Å². The molecular weight excluding hydrogens is 330 g/mol. The van der Waals surface area contributed by atoms with Crippen molar-refractivity contribution in [1.29, 1.82) is 0 Å². The summed E-state index contributed by atoms with van der Waals surface area (Å²) in [4.78, 5) is 17.0. The highest BCUT2D eigenvalue weighted by molar-refractivity contribution is 9.10. The highest BCUT2D eigenvalue weighted by atomic mass is 79.9. The number of nitrogens with two attached hydrogens (primary N) is 1. The molecule has 0 fully saturated rings. The molecule has 0 spiro atoms. The predicted octanol–water partition coefficient (Wildman–Crippen LogP) is 2.40. The van der Waals surface area contributed by atoms with E-state index >= 15 is 0 Å². The summed E-state index contributed by atoms with van der Waals surface area (Å²) >= 11 is 4.72.